The molecule has 8 aromatic rings. The van der Waals surface area contributed by atoms with Crippen molar-refractivity contribution in [1.82, 2.24) is 9.55 Å². The lowest BCUT2D eigenvalue weighted by Gasteiger charge is -2.21. The number of hydrogen-bond acceptors (Lipinski definition) is 2. The Balaban J connectivity index is 1.48. The number of pyridine rings is 1. The molecule has 0 amide bonds. The molecule has 0 spiro atoms. The fraction of sp³-hybridized carbons (Fsp3) is 0. The molecule has 0 aliphatic rings. The Hall–Kier alpha value is -5.24. The number of fused-ring (bicyclic) bond motifs is 5. The molecule has 0 atom stereocenters. The molecule has 0 aliphatic carbocycles. The minimum atomic E-state index is -3.17. The molecule has 43 heavy (non-hydrogen) atoms. The van der Waals surface area contributed by atoms with Crippen LogP contribution in [0.25, 0.3) is 49.7 Å². The molecule has 2 aromatic heterocycles. The second-order valence-corrected chi connectivity index (χ2v) is 13.5. The van der Waals surface area contributed by atoms with Crippen molar-refractivity contribution in [3.8, 4) is 16.9 Å². The van der Waals surface area contributed by atoms with Gasteiger partial charge in [-0.05, 0) is 30.3 Å². The van der Waals surface area contributed by atoms with Gasteiger partial charge < -0.3 is 9.13 Å². The third-order valence-electron chi connectivity index (χ3n) is 8.24. The molecule has 3 nitrogen and oxygen atoms in total. The van der Waals surface area contributed by atoms with Gasteiger partial charge in [0.25, 0.3) is 0 Å². The molecule has 0 unspecified atom stereocenters. The first-order chi connectivity index (χ1) is 21.2. The third-order valence-corrected chi connectivity index (χ3v) is 11.3. The van der Waals surface area contributed by atoms with E-state index in [-0.39, 0.29) is 0 Å². The first kappa shape index (κ1) is 25.5. The summed E-state index contributed by atoms with van der Waals surface area (Å²) in [5.41, 5.74) is 5.96. The summed E-state index contributed by atoms with van der Waals surface area (Å²) in [7, 11) is -3.17. The van der Waals surface area contributed by atoms with Gasteiger partial charge in [-0.2, -0.15) is 0 Å². The number of rotatable bonds is 5. The minimum Gasteiger partial charge on any atom is -0.309 e. The maximum absolute atomic E-state index is 15.3. The zero-order chi connectivity index (χ0) is 28.8. The number of benzene rings is 6. The van der Waals surface area contributed by atoms with E-state index in [1.807, 2.05) is 84.9 Å². The molecule has 0 aliphatic heterocycles. The van der Waals surface area contributed by atoms with Gasteiger partial charge in [0.2, 0.25) is 0 Å². The molecule has 204 valence electrons. The quantitative estimate of drug-likeness (QED) is 0.194. The van der Waals surface area contributed by atoms with Crippen LogP contribution >= 0.6 is 7.14 Å². The second kappa shape index (κ2) is 10.2. The zero-order valence-corrected chi connectivity index (χ0v) is 24.2. The normalized spacial score (nSPS) is 11.8. The molecule has 0 radical (unpaired) electrons. The molecule has 2 heterocycles. The van der Waals surface area contributed by atoms with E-state index in [2.05, 4.69) is 83.4 Å². The standard InChI is InChI=1S/C39H27N2OP/c42-43(30-18-6-2-7-19-30,31-20-8-3-9-21-31)32-22-14-15-28(27-32)38-39-37(33-23-10-12-25-35(33)40-38)34-24-11-13-26-36(34)41(39)29-16-4-1-5-17-29/h1-27H. The third kappa shape index (κ3) is 4.05. The van der Waals surface area contributed by atoms with E-state index in [4.69, 9.17) is 4.98 Å². The second-order valence-electron chi connectivity index (χ2n) is 10.7. The SMILES string of the molecule is O=P(c1ccccc1)(c1ccccc1)c1cccc(-c2nc3ccccc3c3c4ccccc4n(-c4ccccc4)c23)c1. The number of aromatic nitrogens is 2. The molecule has 0 saturated heterocycles. The minimum absolute atomic E-state index is 0.785. The highest BCUT2D eigenvalue weighted by Gasteiger charge is 2.30. The van der Waals surface area contributed by atoms with Gasteiger partial charge in [-0.15, -0.1) is 0 Å². The van der Waals surface area contributed by atoms with E-state index >= 15 is 4.57 Å². The molecule has 8 rings (SSSR count). The monoisotopic (exact) mass is 570 g/mol. The van der Waals surface area contributed by atoms with Crippen LogP contribution in [0.2, 0.25) is 0 Å². The van der Waals surface area contributed by atoms with Crippen LogP contribution in [0.15, 0.2) is 164 Å². The van der Waals surface area contributed by atoms with Crippen LogP contribution in [-0.4, -0.2) is 9.55 Å². The number of nitrogens with zero attached hydrogens (tertiary/aromatic N) is 2. The Morgan fingerprint density at radius 1 is 0.512 bits per heavy atom. The average Bonchev–Trinajstić information content (AvgIpc) is 3.44. The first-order valence-corrected chi connectivity index (χ1v) is 16.1. The molecule has 0 bridgehead atoms. The summed E-state index contributed by atoms with van der Waals surface area (Å²) in [4.78, 5) is 5.31. The molecular weight excluding hydrogens is 543 g/mol. The molecule has 0 N–H and O–H groups in total. The van der Waals surface area contributed by atoms with Crippen molar-refractivity contribution in [3.05, 3.63) is 164 Å². The van der Waals surface area contributed by atoms with Crippen LogP contribution in [0.1, 0.15) is 0 Å². The van der Waals surface area contributed by atoms with Gasteiger partial charge in [-0.25, -0.2) is 4.98 Å². The van der Waals surface area contributed by atoms with E-state index in [1.165, 1.54) is 10.8 Å². The maximum Gasteiger partial charge on any atom is 0.171 e. The van der Waals surface area contributed by atoms with Crippen LogP contribution < -0.4 is 15.9 Å². The summed E-state index contributed by atoms with van der Waals surface area (Å²) in [6.45, 7) is 0. The van der Waals surface area contributed by atoms with Crippen LogP contribution in [0.4, 0.5) is 0 Å². The largest absolute Gasteiger partial charge is 0.309 e. The van der Waals surface area contributed by atoms with Crippen molar-refractivity contribution in [2.45, 2.75) is 0 Å². The molecular formula is C39H27N2OP. The van der Waals surface area contributed by atoms with Gasteiger partial charge in [-0.1, -0.05) is 133 Å². The van der Waals surface area contributed by atoms with E-state index in [0.717, 1.165) is 54.8 Å². The Kier molecular flexibility index (Phi) is 6.06. The average molecular weight is 571 g/mol. The van der Waals surface area contributed by atoms with Gasteiger partial charge in [0.15, 0.2) is 7.14 Å². The van der Waals surface area contributed by atoms with Crippen molar-refractivity contribution in [1.29, 1.82) is 0 Å². The van der Waals surface area contributed by atoms with Crippen LogP contribution in [-0.2, 0) is 4.57 Å². The van der Waals surface area contributed by atoms with Crippen molar-refractivity contribution < 1.29 is 4.57 Å². The zero-order valence-electron chi connectivity index (χ0n) is 23.3. The van der Waals surface area contributed by atoms with E-state index in [0.29, 0.717) is 0 Å². The predicted octanol–water partition coefficient (Wildman–Crippen LogP) is 8.64. The maximum atomic E-state index is 15.3. The van der Waals surface area contributed by atoms with E-state index in [9.17, 15) is 0 Å². The smallest absolute Gasteiger partial charge is 0.171 e. The van der Waals surface area contributed by atoms with Crippen molar-refractivity contribution in [3.63, 3.8) is 0 Å². The van der Waals surface area contributed by atoms with Crippen LogP contribution in [0.5, 0.6) is 0 Å². The lowest BCUT2D eigenvalue weighted by atomic mass is 10.0. The highest BCUT2D eigenvalue weighted by molar-refractivity contribution is 7.85. The van der Waals surface area contributed by atoms with Crippen molar-refractivity contribution in [2.75, 3.05) is 0 Å². The van der Waals surface area contributed by atoms with E-state index in [1.54, 1.807) is 0 Å². The summed E-state index contributed by atoms with van der Waals surface area (Å²) in [6, 6.07) is 55.2. The Morgan fingerprint density at radius 2 is 1.07 bits per heavy atom. The summed E-state index contributed by atoms with van der Waals surface area (Å²) < 4.78 is 17.6. The summed E-state index contributed by atoms with van der Waals surface area (Å²) >= 11 is 0. The molecule has 0 saturated carbocycles. The van der Waals surface area contributed by atoms with Crippen LogP contribution in [0, 0.1) is 0 Å². The summed E-state index contributed by atoms with van der Waals surface area (Å²) in [5, 5.41) is 5.87. The van der Waals surface area contributed by atoms with E-state index < -0.39 is 7.14 Å². The predicted molar refractivity (Wildman–Crippen MR) is 181 cm³/mol. The number of hydrogen-bond donors (Lipinski definition) is 0. The highest BCUT2D eigenvalue weighted by Crippen LogP contribution is 2.45. The summed E-state index contributed by atoms with van der Waals surface area (Å²) in [5.74, 6) is 0. The fourth-order valence-electron chi connectivity index (χ4n) is 6.31. The highest BCUT2D eigenvalue weighted by atomic mass is 31.2. The topological polar surface area (TPSA) is 34.9 Å². The van der Waals surface area contributed by atoms with Crippen molar-refractivity contribution in [2.24, 2.45) is 0 Å². The fourth-order valence-corrected chi connectivity index (χ4v) is 9.01. The molecule has 6 aromatic carbocycles. The van der Waals surface area contributed by atoms with Gasteiger partial charge in [0, 0.05) is 43.3 Å². The lowest BCUT2D eigenvalue weighted by Crippen LogP contribution is -2.25. The Morgan fingerprint density at radius 3 is 1.77 bits per heavy atom. The van der Waals surface area contributed by atoms with Gasteiger partial charge >= 0.3 is 0 Å². The molecule has 0 fully saturated rings. The van der Waals surface area contributed by atoms with Crippen LogP contribution in [0.3, 0.4) is 0 Å². The first-order valence-electron chi connectivity index (χ1n) is 14.4. The van der Waals surface area contributed by atoms with Crippen molar-refractivity contribution >= 4 is 55.8 Å². The van der Waals surface area contributed by atoms with Gasteiger partial charge in [0.1, 0.15) is 0 Å². The number of para-hydroxylation sites is 3. The lowest BCUT2D eigenvalue weighted by molar-refractivity contribution is 0.592. The molecule has 4 heteroatoms. The summed E-state index contributed by atoms with van der Waals surface area (Å²) in [6.07, 6.45) is 0. The Bertz CT molecular complexity index is 2270. The van der Waals surface area contributed by atoms with Gasteiger partial charge in [-0.3, -0.25) is 0 Å². The Labute approximate surface area is 250 Å². The van der Waals surface area contributed by atoms with Gasteiger partial charge in [0.05, 0.1) is 22.2 Å².